The van der Waals surface area contributed by atoms with Crippen LogP contribution in [0.3, 0.4) is 0 Å². The molecule has 0 spiro atoms. The van der Waals surface area contributed by atoms with Crippen LogP contribution in [0, 0.1) is 6.92 Å². The zero-order valence-corrected chi connectivity index (χ0v) is 11.0. The molecule has 0 saturated carbocycles. The number of carbonyl (C=O) groups excluding carboxylic acids is 1. The molecule has 0 bridgehead atoms. The van der Waals surface area contributed by atoms with E-state index in [9.17, 15) is 9.59 Å². The summed E-state index contributed by atoms with van der Waals surface area (Å²) in [5, 5.41) is 14.3. The highest BCUT2D eigenvalue weighted by Gasteiger charge is 2.03. The van der Waals surface area contributed by atoms with Crippen molar-refractivity contribution in [3.63, 3.8) is 0 Å². The largest absolute Gasteiger partial charge is 0.481 e. The van der Waals surface area contributed by atoms with E-state index >= 15 is 0 Å². The van der Waals surface area contributed by atoms with Crippen LogP contribution in [0.1, 0.15) is 24.8 Å². The Kier molecular flexibility index (Phi) is 6.35. The van der Waals surface area contributed by atoms with Gasteiger partial charge in [0.2, 0.25) is 5.91 Å². The summed E-state index contributed by atoms with van der Waals surface area (Å²) >= 11 is 0. The SMILES string of the molecule is Cc1cccnc1NCCNC(=O)CCCC(=O)O. The molecule has 104 valence electrons. The Bertz CT molecular complexity index is 435. The van der Waals surface area contributed by atoms with E-state index in [1.165, 1.54) is 0 Å². The second kappa shape index (κ2) is 8.07. The van der Waals surface area contributed by atoms with Gasteiger partial charge in [0.05, 0.1) is 0 Å². The third-order valence-electron chi connectivity index (χ3n) is 2.54. The van der Waals surface area contributed by atoms with E-state index < -0.39 is 5.97 Å². The lowest BCUT2D eigenvalue weighted by Crippen LogP contribution is -2.28. The van der Waals surface area contributed by atoms with Crippen molar-refractivity contribution in [3.05, 3.63) is 23.9 Å². The van der Waals surface area contributed by atoms with Gasteiger partial charge in [0.25, 0.3) is 0 Å². The third-order valence-corrected chi connectivity index (χ3v) is 2.54. The smallest absolute Gasteiger partial charge is 0.303 e. The first-order chi connectivity index (χ1) is 9.09. The highest BCUT2D eigenvalue weighted by molar-refractivity contribution is 5.76. The number of hydrogen-bond acceptors (Lipinski definition) is 4. The summed E-state index contributed by atoms with van der Waals surface area (Å²) < 4.78 is 0. The van der Waals surface area contributed by atoms with Crippen molar-refractivity contribution < 1.29 is 14.7 Å². The monoisotopic (exact) mass is 265 g/mol. The van der Waals surface area contributed by atoms with E-state index in [-0.39, 0.29) is 18.7 Å². The van der Waals surface area contributed by atoms with Crippen LogP contribution in [0.5, 0.6) is 0 Å². The molecule has 19 heavy (non-hydrogen) atoms. The van der Waals surface area contributed by atoms with Crippen molar-refractivity contribution in [2.45, 2.75) is 26.2 Å². The van der Waals surface area contributed by atoms with E-state index in [0.29, 0.717) is 19.5 Å². The number of aliphatic carboxylic acids is 1. The molecule has 1 rings (SSSR count). The minimum absolute atomic E-state index is 0.0266. The predicted molar refractivity (Wildman–Crippen MR) is 72.0 cm³/mol. The molecular formula is C13H19N3O3. The number of anilines is 1. The summed E-state index contributed by atoms with van der Waals surface area (Å²) in [7, 11) is 0. The number of hydrogen-bond donors (Lipinski definition) is 3. The summed E-state index contributed by atoms with van der Waals surface area (Å²) in [4.78, 5) is 25.8. The topological polar surface area (TPSA) is 91.3 Å². The quantitative estimate of drug-likeness (QED) is 0.614. The van der Waals surface area contributed by atoms with Gasteiger partial charge in [-0.3, -0.25) is 9.59 Å². The Hall–Kier alpha value is -2.11. The molecule has 0 aliphatic rings. The Morgan fingerprint density at radius 1 is 1.32 bits per heavy atom. The first-order valence-corrected chi connectivity index (χ1v) is 6.23. The lowest BCUT2D eigenvalue weighted by Gasteiger charge is -2.08. The van der Waals surface area contributed by atoms with E-state index in [0.717, 1.165) is 11.4 Å². The van der Waals surface area contributed by atoms with Gasteiger partial charge in [-0.25, -0.2) is 4.98 Å². The van der Waals surface area contributed by atoms with Crippen LogP contribution in [0.25, 0.3) is 0 Å². The summed E-state index contributed by atoms with van der Waals surface area (Å²) in [5.74, 6) is -0.191. The molecule has 0 atom stereocenters. The summed E-state index contributed by atoms with van der Waals surface area (Å²) in [5.41, 5.74) is 1.05. The van der Waals surface area contributed by atoms with Gasteiger partial charge < -0.3 is 15.7 Å². The minimum Gasteiger partial charge on any atom is -0.481 e. The normalized spacial score (nSPS) is 9.95. The van der Waals surface area contributed by atoms with E-state index in [2.05, 4.69) is 15.6 Å². The molecule has 0 aliphatic carbocycles. The zero-order valence-electron chi connectivity index (χ0n) is 11.0. The molecule has 0 radical (unpaired) electrons. The number of carboxylic acid groups (broad SMARTS) is 1. The fraction of sp³-hybridized carbons (Fsp3) is 0.462. The zero-order chi connectivity index (χ0) is 14.1. The van der Waals surface area contributed by atoms with Crippen LogP contribution >= 0.6 is 0 Å². The maximum Gasteiger partial charge on any atom is 0.303 e. The van der Waals surface area contributed by atoms with Crippen LogP contribution < -0.4 is 10.6 Å². The van der Waals surface area contributed by atoms with Crippen LogP contribution in [-0.2, 0) is 9.59 Å². The average Bonchev–Trinajstić information content (AvgIpc) is 2.36. The van der Waals surface area contributed by atoms with Gasteiger partial charge in [-0.05, 0) is 25.0 Å². The number of rotatable bonds is 8. The Labute approximate surface area is 112 Å². The molecule has 3 N–H and O–H groups in total. The number of aryl methyl sites for hydroxylation is 1. The lowest BCUT2D eigenvalue weighted by molar-refractivity contribution is -0.137. The first-order valence-electron chi connectivity index (χ1n) is 6.23. The molecule has 6 nitrogen and oxygen atoms in total. The maximum atomic E-state index is 11.4. The molecule has 0 saturated heterocycles. The van der Waals surface area contributed by atoms with Crippen LogP contribution in [0.15, 0.2) is 18.3 Å². The van der Waals surface area contributed by atoms with Crippen molar-refractivity contribution in [1.29, 1.82) is 0 Å². The highest BCUT2D eigenvalue weighted by Crippen LogP contribution is 2.07. The molecule has 6 heteroatoms. The van der Waals surface area contributed by atoms with Crippen molar-refractivity contribution in [2.75, 3.05) is 18.4 Å². The molecule has 1 heterocycles. The first kappa shape index (κ1) is 14.9. The van der Waals surface area contributed by atoms with Crippen LogP contribution in [0.2, 0.25) is 0 Å². The van der Waals surface area contributed by atoms with Gasteiger partial charge in [0.15, 0.2) is 0 Å². The number of carbonyl (C=O) groups is 2. The fourth-order valence-electron chi connectivity index (χ4n) is 1.54. The molecule has 0 aliphatic heterocycles. The lowest BCUT2D eigenvalue weighted by atomic mass is 10.2. The highest BCUT2D eigenvalue weighted by atomic mass is 16.4. The number of nitrogens with one attached hydrogen (secondary N) is 2. The van der Waals surface area contributed by atoms with Gasteiger partial charge in [0, 0.05) is 32.1 Å². The van der Waals surface area contributed by atoms with Gasteiger partial charge in [-0.2, -0.15) is 0 Å². The number of pyridine rings is 1. The maximum absolute atomic E-state index is 11.4. The van der Waals surface area contributed by atoms with E-state index in [4.69, 9.17) is 5.11 Å². The summed E-state index contributed by atoms with van der Waals surface area (Å²) in [6, 6.07) is 3.82. The van der Waals surface area contributed by atoms with Gasteiger partial charge in [-0.1, -0.05) is 6.07 Å². The van der Waals surface area contributed by atoms with Gasteiger partial charge in [-0.15, -0.1) is 0 Å². The molecule has 0 unspecified atom stereocenters. The standard InChI is InChI=1S/C13H19N3O3/c1-10-4-3-7-15-13(10)16-9-8-14-11(17)5-2-6-12(18)19/h3-4,7H,2,5-6,8-9H2,1H3,(H,14,17)(H,15,16)(H,18,19). The van der Waals surface area contributed by atoms with E-state index in [1.807, 2.05) is 19.1 Å². The number of nitrogens with zero attached hydrogens (tertiary/aromatic N) is 1. The number of carboxylic acids is 1. The molecule has 1 amide bonds. The van der Waals surface area contributed by atoms with Crippen molar-refractivity contribution >= 4 is 17.7 Å². The summed E-state index contributed by atoms with van der Waals surface area (Å²) in [6.45, 7) is 3.03. The van der Waals surface area contributed by atoms with Crippen molar-refractivity contribution in [3.8, 4) is 0 Å². The van der Waals surface area contributed by atoms with Crippen molar-refractivity contribution in [2.24, 2.45) is 0 Å². The fourth-order valence-corrected chi connectivity index (χ4v) is 1.54. The molecular weight excluding hydrogens is 246 g/mol. The minimum atomic E-state index is -0.875. The molecule has 1 aromatic rings. The van der Waals surface area contributed by atoms with Crippen molar-refractivity contribution in [1.82, 2.24) is 10.3 Å². The average molecular weight is 265 g/mol. The Morgan fingerprint density at radius 3 is 2.79 bits per heavy atom. The Morgan fingerprint density at radius 2 is 2.11 bits per heavy atom. The molecule has 0 aromatic carbocycles. The second-order valence-electron chi connectivity index (χ2n) is 4.19. The molecule has 1 aromatic heterocycles. The molecule has 0 fully saturated rings. The van der Waals surface area contributed by atoms with Crippen LogP contribution in [-0.4, -0.2) is 35.1 Å². The van der Waals surface area contributed by atoms with Gasteiger partial charge in [0.1, 0.15) is 5.82 Å². The number of aromatic nitrogens is 1. The summed E-state index contributed by atoms with van der Waals surface area (Å²) in [6.07, 6.45) is 2.35. The predicted octanol–water partition coefficient (Wildman–Crippen LogP) is 1.17. The van der Waals surface area contributed by atoms with E-state index in [1.54, 1.807) is 6.20 Å². The second-order valence-corrected chi connectivity index (χ2v) is 4.19. The Balaban J connectivity index is 2.12. The van der Waals surface area contributed by atoms with Gasteiger partial charge >= 0.3 is 5.97 Å². The van der Waals surface area contributed by atoms with Crippen LogP contribution in [0.4, 0.5) is 5.82 Å². The third kappa shape index (κ3) is 6.40. The number of amides is 1.